The fourth-order valence-electron chi connectivity index (χ4n) is 2.03. The molecule has 8 heteroatoms. The Morgan fingerprint density at radius 2 is 1.76 bits per heavy atom. The number of rotatable bonds is 6. The smallest absolute Gasteiger partial charge is 0.367 e. The van der Waals surface area contributed by atoms with Gasteiger partial charge in [-0.1, -0.05) is 28.1 Å². The summed E-state index contributed by atoms with van der Waals surface area (Å²) in [5.41, 5.74) is 1.46. The van der Waals surface area contributed by atoms with Crippen LogP contribution in [0.3, 0.4) is 0 Å². The zero-order valence-corrected chi connectivity index (χ0v) is 14.5. The van der Waals surface area contributed by atoms with E-state index in [1.165, 1.54) is 36.4 Å². The molecule has 2 aromatic rings. The molecule has 0 unspecified atom stereocenters. The van der Waals surface area contributed by atoms with Gasteiger partial charge in [-0.2, -0.15) is 13.2 Å². The van der Waals surface area contributed by atoms with E-state index in [0.717, 1.165) is 0 Å². The standard InChI is InChI=1S/C17H14BrF4NO2/c18-14-5-12(6-15(19)7-14)8-23-16(24)13-3-1-11(2-4-13)9-25-10-17(20,21)22/h1-7H,8-10H2,(H,23,24). The second-order valence-corrected chi connectivity index (χ2v) is 6.18. The number of hydrogen-bond donors (Lipinski definition) is 1. The predicted molar refractivity (Wildman–Crippen MR) is 87.4 cm³/mol. The topological polar surface area (TPSA) is 38.3 Å². The Bertz CT molecular complexity index is 712. The third kappa shape index (κ3) is 6.83. The van der Waals surface area contributed by atoms with Crippen molar-refractivity contribution in [3.63, 3.8) is 0 Å². The molecule has 1 amide bonds. The van der Waals surface area contributed by atoms with Crippen LogP contribution in [0.25, 0.3) is 0 Å². The third-order valence-corrected chi connectivity index (χ3v) is 3.58. The van der Waals surface area contributed by atoms with Crippen LogP contribution in [-0.4, -0.2) is 18.7 Å². The van der Waals surface area contributed by atoms with Crippen molar-refractivity contribution in [3.05, 3.63) is 69.4 Å². The highest BCUT2D eigenvalue weighted by atomic mass is 79.9. The molecular weight excluding hydrogens is 406 g/mol. The van der Waals surface area contributed by atoms with Gasteiger partial charge < -0.3 is 10.1 Å². The van der Waals surface area contributed by atoms with Crippen LogP contribution in [0.4, 0.5) is 17.6 Å². The minimum Gasteiger partial charge on any atom is -0.367 e. The molecule has 1 N–H and O–H groups in total. The summed E-state index contributed by atoms with van der Waals surface area (Å²) in [6, 6.07) is 10.3. The lowest BCUT2D eigenvalue weighted by molar-refractivity contribution is -0.176. The SMILES string of the molecule is O=C(NCc1cc(F)cc(Br)c1)c1ccc(COCC(F)(F)F)cc1. The molecule has 0 aliphatic rings. The Hall–Kier alpha value is -1.93. The highest BCUT2D eigenvalue weighted by molar-refractivity contribution is 9.10. The summed E-state index contributed by atoms with van der Waals surface area (Å²) in [5.74, 6) is -0.787. The highest BCUT2D eigenvalue weighted by Crippen LogP contribution is 2.16. The van der Waals surface area contributed by atoms with E-state index < -0.39 is 18.6 Å². The van der Waals surface area contributed by atoms with Gasteiger partial charge >= 0.3 is 6.18 Å². The van der Waals surface area contributed by atoms with Gasteiger partial charge in [-0.3, -0.25) is 4.79 Å². The zero-order valence-electron chi connectivity index (χ0n) is 12.9. The van der Waals surface area contributed by atoms with E-state index in [-0.39, 0.29) is 19.1 Å². The van der Waals surface area contributed by atoms with Gasteiger partial charge in [-0.15, -0.1) is 0 Å². The fraction of sp³-hybridized carbons (Fsp3) is 0.235. The normalized spacial score (nSPS) is 11.4. The monoisotopic (exact) mass is 419 g/mol. The van der Waals surface area contributed by atoms with Crippen molar-refractivity contribution in [1.29, 1.82) is 0 Å². The van der Waals surface area contributed by atoms with Crippen molar-refractivity contribution < 1.29 is 27.1 Å². The van der Waals surface area contributed by atoms with Crippen LogP contribution >= 0.6 is 15.9 Å². The first-order valence-corrected chi connectivity index (χ1v) is 7.99. The molecule has 3 nitrogen and oxygen atoms in total. The van der Waals surface area contributed by atoms with Crippen LogP contribution in [0.15, 0.2) is 46.9 Å². The van der Waals surface area contributed by atoms with Gasteiger partial charge in [0.1, 0.15) is 12.4 Å². The Morgan fingerprint density at radius 3 is 2.36 bits per heavy atom. The maximum absolute atomic E-state index is 13.3. The molecule has 0 saturated carbocycles. The second kappa shape index (κ2) is 8.44. The number of halogens is 5. The molecule has 0 fully saturated rings. The minimum atomic E-state index is -4.37. The average molecular weight is 420 g/mol. The number of amides is 1. The summed E-state index contributed by atoms with van der Waals surface area (Å²) in [6.07, 6.45) is -4.37. The summed E-state index contributed by atoms with van der Waals surface area (Å²) in [7, 11) is 0. The number of hydrogen-bond acceptors (Lipinski definition) is 2. The Morgan fingerprint density at radius 1 is 1.08 bits per heavy atom. The Labute approximate surface area is 150 Å². The van der Waals surface area contributed by atoms with E-state index in [2.05, 4.69) is 26.0 Å². The van der Waals surface area contributed by atoms with Gasteiger partial charge in [0.25, 0.3) is 5.91 Å². The quantitative estimate of drug-likeness (QED) is 0.695. The molecule has 0 radical (unpaired) electrons. The second-order valence-electron chi connectivity index (χ2n) is 5.27. The van der Waals surface area contributed by atoms with Crippen LogP contribution in [-0.2, 0) is 17.9 Å². The molecule has 134 valence electrons. The van der Waals surface area contributed by atoms with Crippen molar-refractivity contribution in [2.45, 2.75) is 19.3 Å². The van der Waals surface area contributed by atoms with E-state index in [9.17, 15) is 22.4 Å². The van der Waals surface area contributed by atoms with Crippen LogP contribution in [0.5, 0.6) is 0 Å². The van der Waals surface area contributed by atoms with Crippen molar-refractivity contribution in [1.82, 2.24) is 5.32 Å². The molecule has 0 aliphatic heterocycles. The van der Waals surface area contributed by atoms with Crippen LogP contribution in [0.1, 0.15) is 21.5 Å². The molecule has 0 atom stereocenters. The van der Waals surface area contributed by atoms with Crippen molar-refractivity contribution >= 4 is 21.8 Å². The fourth-order valence-corrected chi connectivity index (χ4v) is 2.55. The molecule has 2 aromatic carbocycles. The lowest BCUT2D eigenvalue weighted by atomic mass is 10.1. The number of ether oxygens (including phenoxy) is 1. The molecule has 0 saturated heterocycles. The minimum absolute atomic E-state index is 0.144. The van der Waals surface area contributed by atoms with E-state index in [1.54, 1.807) is 6.07 Å². The average Bonchev–Trinajstić information content (AvgIpc) is 2.51. The molecule has 2 rings (SSSR count). The van der Waals surface area contributed by atoms with Crippen LogP contribution in [0, 0.1) is 5.82 Å². The van der Waals surface area contributed by atoms with Crippen molar-refractivity contribution in [2.24, 2.45) is 0 Å². The molecule has 0 spiro atoms. The molecule has 0 heterocycles. The first-order chi connectivity index (χ1) is 11.7. The van der Waals surface area contributed by atoms with Gasteiger partial charge in [0.2, 0.25) is 0 Å². The first kappa shape index (κ1) is 19.4. The van der Waals surface area contributed by atoms with E-state index >= 15 is 0 Å². The van der Waals surface area contributed by atoms with Gasteiger partial charge in [0, 0.05) is 16.6 Å². The first-order valence-electron chi connectivity index (χ1n) is 7.19. The molecule has 25 heavy (non-hydrogen) atoms. The van der Waals surface area contributed by atoms with Crippen LogP contribution < -0.4 is 5.32 Å². The molecule has 0 bridgehead atoms. The summed E-state index contributed by atoms with van der Waals surface area (Å²) in [5, 5.41) is 2.65. The maximum atomic E-state index is 13.3. The van der Waals surface area contributed by atoms with Crippen molar-refractivity contribution in [2.75, 3.05) is 6.61 Å². The molecular formula is C17H14BrF4NO2. The number of nitrogens with one attached hydrogen (secondary N) is 1. The van der Waals surface area contributed by atoms with Gasteiger partial charge in [-0.05, 0) is 41.5 Å². The van der Waals surface area contributed by atoms with Crippen molar-refractivity contribution in [3.8, 4) is 0 Å². The molecule has 0 aromatic heterocycles. The summed E-state index contributed by atoms with van der Waals surface area (Å²) in [6.45, 7) is -1.37. The maximum Gasteiger partial charge on any atom is 0.411 e. The number of carbonyl (C=O) groups excluding carboxylic acids is 1. The highest BCUT2D eigenvalue weighted by Gasteiger charge is 2.27. The van der Waals surface area contributed by atoms with Crippen LogP contribution in [0.2, 0.25) is 0 Å². The summed E-state index contributed by atoms with van der Waals surface area (Å²) in [4.78, 5) is 12.0. The zero-order chi connectivity index (χ0) is 18.4. The summed E-state index contributed by atoms with van der Waals surface area (Å²) < 4.78 is 54.4. The number of carbonyl (C=O) groups is 1. The number of alkyl halides is 3. The lowest BCUT2D eigenvalue weighted by Gasteiger charge is -2.09. The molecule has 0 aliphatic carbocycles. The van der Waals surface area contributed by atoms with Gasteiger partial charge in [0.15, 0.2) is 0 Å². The summed E-state index contributed by atoms with van der Waals surface area (Å²) >= 11 is 3.17. The van der Waals surface area contributed by atoms with E-state index in [1.807, 2.05) is 0 Å². The third-order valence-electron chi connectivity index (χ3n) is 3.13. The predicted octanol–water partition coefficient (Wildman–Crippen LogP) is 4.60. The Kier molecular flexibility index (Phi) is 6.55. The number of benzene rings is 2. The lowest BCUT2D eigenvalue weighted by Crippen LogP contribution is -2.22. The largest absolute Gasteiger partial charge is 0.411 e. The van der Waals surface area contributed by atoms with Gasteiger partial charge in [-0.25, -0.2) is 4.39 Å². The Balaban J connectivity index is 1.87. The van der Waals surface area contributed by atoms with Gasteiger partial charge in [0.05, 0.1) is 6.61 Å². The van der Waals surface area contributed by atoms with E-state index in [0.29, 0.717) is 21.2 Å². The van der Waals surface area contributed by atoms with E-state index in [4.69, 9.17) is 0 Å².